The number of hydrogen-bond donors (Lipinski definition) is 1. The molecule has 2 aromatic rings. The monoisotopic (exact) mass is 266 g/mol. The van der Waals surface area contributed by atoms with E-state index in [4.69, 9.17) is 5.73 Å². The molecule has 0 aliphatic heterocycles. The van der Waals surface area contributed by atoms with Crippen molar-refractivity contribution in [3.05, 3.63) is 34.6 Å². The van der Waals surface area contributed by atoms with Crippen LogP contribution in [0.2, 0.25) is 0 Å². The molecule has 0 fully saturated rings. The van der Waals surface area contributed by atoms with Crippen LogP contribution in [0.4, 0.5) is 0 Å². The van der Waals surface area contributed by atoms with Gasteiger partial charge < -0.3 is 5.73 Å². The molecular weight excluding hydrogens is 256 g/mol. The molecule has 0 saturated heterocycles. The minimum atomic E-state index is 0.558. The fourth-order valence-electron chi connectivity index (χ4n) is 1.39. The molecule has 4 nitrogen and oxygen atoms in total. The molecule has 78 valence electrons. The van der Waals surface area contributed by atoms with Crippen LogP contribution in [0, 0.1) is 0 Å². The van der Waals surface area contributed by atoms with Crippen molar-refractivity contribution < 1.29 is 0 Å². The number of rotatable bonds is 2. The van der Waals surface area contributed by atoms with Crippen molar-refractivity contribution in [2.24, 2.45) is 12.8 Å². The maximum Gasteiger partial charge on any atom is 0.217 e. The third-order valence-electron chi connectivity index (χ3n) is 2.19. The summed E-state index contributed by atoms with van der Waals surface area (Å²) in [5.41, 5.74) is 7.68. The highest BCUT2D eigenvalue weighted by molar-refractivity contribution is 9.10. The van der Waals surface area contributed by atoms with E-state index in [0.717, 1.165) is 17.0 Å². The third kappa shape index (κ3) is 2.08. The van der Waals surface area contributed by atoms with Gasteiger partial charge in [0, 0.05) is 19.2 Å². The number of nitrogens with zero attached hydrogens (tertiary/aromatic N) is 3. The van der Waals surface area contributed by atoms with Gasteiger partial charge in [0.2, 0.25) is 4.73 Å². The van der Waals surface area contributed by atoms with Crippen molar-refractivity contribution in [2.75, 3.05) is 0 Å². The zero-order chi connectivity index (χ0) is 10.8. The fraction of sp³-hybridized carbons (Fsp3) is 0.200. The summed E-state index contributed by atoms with van der Waals surface area (Å²) in [7, 11) is 1.87. The van der Waals surface area contributed by atoms with Crippen LogP contribution in [0.25, 0.3) is 11.4 Å². The molecule has 2 rings (SSSR count). The highest BCUT2D eigenvalue weighted by atomic mass is 79.9. The maximum absolute atomic E-state index is 5.53. The lowest BCUT2D eigenvalue weighted by atomic mass is 10.1. The Kier molecular flexibility index (Phi) is 2.83. The Hall–Kier alpha value is -1.20. The van der Waals surface area contributed by atoms with Crippen molar-refractivity contribution in [3.8, 4) is 11.4 Å². The average molecular weight is 267 g/mol. The van der Waals surface area contributed by atoms with Gasteiger partial charge in [0.1, 0.15) is 0 Å². The first-order valence-electron chi connectivity index (χ1n) is 4.56. The summed E-state index contributed by atoms with van der Waals surface area (Å²) in [4.78, 5) is 4.27. The van der Waals surface area contributed by atoms with Gasteiger partial charge in [0.05, 0.1) is 0 Å². The van der Waals surface area contributed by atoms with Crippen molar-refractivity contribution in [2.45, 2.75) is 6.54 Å². The van der Waals surface area contributed by atoms with Crippen LogP contribution >= 0.6 is 15.9 Å². The number of nitrogens with two attached hydrogens (primary N) is 1. The molecule has 0 bridgehead atoms. The molecule has 5 heteroatoms. The van der Waals surface area contributed by atoms with Crippen molar-refractivity contribution in [1.29, 1.82) is 0 Å². The summed E-state index contributed by atoms with van der Waals surface area (Å²) in [6, 6.07) is 7.99. The Balaban J connectivity index is 2.41. The Labute approximate surface area is 96.3 Å². The minimum Gasteiger partial charge on any atom is -0.326 e. The highest BCUT2D eigenvalue weighted by Gasteiger charge is 2.06. The number of aromatic nitrogens is 3. The second kappa shape index (κ2) is 4.12. The van der Waals surface area contributed by atoms with E-state index < -0.39 is 0 Å². The molecule has 1 aromatic carbocycles. The predicted octanol–water partition coefficient (Wildman–Crippen LogP) is 1.70. The molecule has 2 N–H and O–H groups in total. The Bertz CT molecular complexity index is 461. The van der Waals surface area contributed by atoms with Crippen LogP contribution in [-0.4, -0.2) is 14.8 Å². The van der Waals surface area contributed by atoms with E-state index in [1.54, 1.807) is 4.68 Å². The van der Waals surface area contributed by atoms with Gasteiger partial charge in [0.25, 0.3) is 0 Å². The van der Waals surface area contributed by atoms with Crippen LogP contribution in [0.3, 0.4) is 0 Å². The van der Waals surface area contributed by atoms with Gasteiger partial charge in [-0.1, -0.05) is 24.3 Å². The Morgan fingerprint density at radius 3 is 2.47 bits per heavy atom. The van der Waals surface area contributed by atoms with E-state index >= 15 is 0 Å². The van der Waals surface area contributed by atoms with Crippen LogP contribution in [0.5, 0.6) is 0 Å². The molecule has 0 aliphatic carbocycles. The van der Waals surface area contributed by atoms with Gasteiger partial charge >= 0.3 is 0 Å². The average Bonchev–Trinajstić information content (AvgIpc) is 2.58. The zero-order valence-electron chi connectivity index (χ0n) is 8.31. The SMILES string of the molecule is Cn1nc(Br)nc1-c1ccc(CN)cc1. The van der Waals surface area contributed by atoms with Crippen molar-refractivity contribution in [3.63, 3.8) is 0 Å². The summed E-state index contributed by atoms with van der Waals surface area (Å²) < 4.78 is 2.34. The highest BCUT2D eigenvalue weighted by Crippen LogP contribution is 2.18. The zero-order valence-corrected chi connectivity index (χ0v) is 9.90. The first-order valence-corrected chi connectivity index (χ1v) is 5.36. The molecule has 0 atom stereocenters. The van der Waals surface area contributed by atoms with E-state index in [1.807, 2.05) is 31.3 Å². The second-order valence-electron chi connectivity index (χ2n) is 3.23. The van der Waals surface area contributed by atoms with Crippen molar-refractivity contribution in [1.82, 2.24) is 14.8 Å². The summed E-state index contributed by atoms with van der Waals surface area (Å²) in [6.45, 7) is 0.558. The molecule has 1 heterocycles. The quantitative estimate of drug-likeness (QED) is 0.901. The van der Waals surface area contributed by atoms with Gasteiger partial charge in [-0.15, -0.1) is 5.10 Å². The lowest BCUT2D eigenvalue weighted by Gasteiger charge is -2.01. The molecule has 0 saturated carbocycles. The largest absolute Gasteiger partial charge is 0.326 e. The van der Waals surface area contributed by atoms with Gasteiger partial charge in [0.15, 0.2) is 5.82 Å². The maximum atomic E-state index is 5.53. The number of halogens is 1. The van der Waals surface area contributed by atoms with Gasteiger partial charge in [-0.25, -0.2) is 9.67 Å². The predicted molar refractivity (Wildman–Crippen MR) is 62.0 cm³/mol. The van der Waals surface area contributed by atoms with E-state index in [2.05, 4.69) is 26.0 Å². The molecule has 0 aliphatic rings. The molecule has 0 unspecified atom stereocenters. The van der Waals surface area contributed by atoms with E-state index in [-0.39, 0.29) is 0 Å². The summed E-state index contributed by atoms with van der Waals surface area (Å²) in [5, 5.41) is 4.13. The summed E-state index contributed by atoms with van der Waals surface area (Å²) in [5.74, 6) is 0.838. The number of benzene rings is 1. The normalized spacial score (nSPS) is 10.6. The molecule has 15 heavy (non-hydrogen) atoms. The molecule has 0 radical (unpaired) electrons. The molecule has 0 spiro atoms. The third-order valence-corrected chi connectivity index (χ3v) is 2.52. The summed E-state index contributed by atoms with van der Waals surface area (Å²) in [6.07, 6.45) is 0. The van der Waals surface area contributed by atoms with E-state index in [0.29, 0.717) is 11.3 Å². The van der Waals surface area contributed by atoms with Gasteiger partial charge in [-0.3, -0.25) is 0 Å². The van der Waals surface area contributed by atoms with Crippen LogP contribution in [0.1, 0.15) is 5.56 Å². The molecule has 0 amide bonds. The lowest BCUT2D eigenvalue weighted by molar-refractivity contribution is 0.768. The van der Waals surface area contributed by atoms with Crippen LogP contribution in [0.15, 0.2) is 29.0 Å². The smallest absolute Gasteiger partial charge is 0.217 e. The fourth-order valence-corrected chi connectivity index (χ4v) is 1.80. The second-order valence-corrected chi connectivity index (χ2v) is 3.94. The first-order chi connectivity index (χ1) is 7.20. The molecule has 1 aromatic heterocycles. The van der Waals surface area contributed by atoms with Crippen LogP contribution < -0.4 is 5.73 Å². The minimum absolute atomic E-state index is 0.558. The van der Waals surface area contributed by atoms with Gasteiger partial charge in [-0.05, 0) is 21.5 Å². The van der Waals surface area contributed by atoms with Crippen LogP contribution in [-0.2, 0) is 13.6 Å². The lowest BCUT2D eigenvalue weighted by Crippen LogP contribution is -1.97. The van der Waals surface area contributed by atoms with Crippen molar-refractivity contribution >= 4 is 15.9 Å². The summed E-state index contributed by atoms with van der Waals surface area (Å²) >= 11 is 3.25. The Morgan fingerprint density at radius 1 is 1.33 bits per heavy atom. The number of aryl methyl sites for hydroxylation is 1. The topological polar surface area (TPSA) is 56.7 Å². The van der Waals surface area contributed by atoms with E-state index in [1.165, 1.54) is 0 Å². The molecular formula is C10H11BrN4. The first kappa shape index (κ1) is 10.3. The van der Waals surface area contributed by atoms with Gasteiger partial charge in [-0.2, -0.15) is 0 Å². The standard InChI is InChI=1S/C10H11BrN4/c1-15-9(13-10(11)14-15)8-4-2-7(6-12)3-5-8/h2-5H,6,12H2,1H3. The number of hydrogen-bond acceptors (Lipinski definition) is 3. The Morgan fingerprint density at radius 2 is 2.00 bits per heavy atom. The van der Waals surface area contributed by atoms with E-state index in [9.17, 15) is 0 Å².